The van der Waals surface area contributed by atoms with E-state index < -0.39 is 6.10 Å². The third-order valence-corrected chi connectivity index (χ3v) is 7.03. The van der Waals surface area contributed by atoms with E-state index in [-0.39, 0.29) is 11.1 Å². The van der Waals surface area contributed by atoms with E-state index in [1.54, 1.807) is 0 Å². The highest BCUT2D eigenvalue weighted by Gasteiger charge is 2.30. The summed E-state index contributed by atoms with van der Waals surface area (Å²) in [7, 11) is 0. The predicted octanol–water partition coefficient (Wildman–Crippen LogP) is 3.45. The molecule has 4 atom stereocenters. The number of aliphatic hydroxyl groups is 1. The summed E-state index contributed by atoms with van der Waals surface area (Å²) < 4.78 is 5.26. The Bertz CT molecular complexity index is 590. The number of hydrogen-bond donors (Lipinski definition) is 1. The van der Waals surface area contributed by atoms with Crippen LogP contribution in [0.5, 0.6) is 0 Å². The van der Waals surface area contributed by atoms with Crippen molar-refractivity contribution in [2.75, 3.05) is 5.75 Å². The minimum atomic E-state index is -0.856. The molecular formula is C15H18N2O2S2. The topological polar surface area (TPSA) is 59.2 Å². The van der Waals surface area contributed by atoms with Crippen molar-refractivity contribution in [3.8, 4) is 0 Å². The zero-order valence-electron chi connectivity index (χ0n) is 12.0. The molecule has 0 spiro atoms. The average molecular weight is 322 g/mol. The third kappa shape index (κ3) is 3.27. The van der Waals surface area contributed by atoms with Crippen molar-refractivity contribution in [2.45, 2.75) is 35.7 Å². The summed E-state index contributed by atoms with van der Waals surface area (Å²) in [6.45, 7) is 4.48. The van der Waals surface area contributed by atoms with Crippen LogP contribution in [0.15, 0.2) is 34.9 Å². The normalized spacial score (nSPS) is 27.5. The first-order chi connectivity index (χ1) is 10.1. The van der Waals surface area contributed by atoms with Gasteiger partial charge in [-0.3, -0.25) is 0 Å². The Balaban J connectivity index is 1.75. The zero-order chi connectivity index (χ0) is 14.8. The van der Waals surface area contributed by atoms with Crippen molar-refractivity contribution >= 4 is 23.5 Å². The summed E-state index contributed by atoms with van der Waals surface area (Å²) >= 11 is 3.82. The van der Waals surface area contributed by atoms with Crippen LogP contribution in [0.1, 0.15) is 42.5 Å². The molecule has 4 nitrogen and oxygen atoms in total. The minimum absolute atomic E-state index is 0.238. The lowest BCUT2D eigenvalue weighted by Crippen LogP contribution is -2.22. The van der Waals surface area contributed by atoms with Crippen molar-refractivity contribution in [2.24, 2.45) is 0 Å². The van der Waals surface area contributed by atoms with Crippen molar-refractivity contribution < 1.29 is 9.63 Å². The van der Waals surface area contributed by atoms with Gasteiger partial charge in [0, 0.05) is 16.3 Å². The first-order valence-electron chi connectivity index (χ1n) is 6.98. The summed E-state index contributed by atoms with van der Waals surface area (Å²) in [5, 5.41) is 15.8. The molecular weight excluding hydrogens is 304 g/mol. The summed E-state index contributed by atoms with van der Waals surface area (Å²) in [6.07, 6.45) is -0.856. The number of rotatable bonds is 3. The lowest BCUT2D eigenvalue weighted by atomic mass is 10.1. The summed E-state index contributed by atoms with van der Waals surface area (Å²) in [4.78, 5) is 4.41. The predicted molar refractivity (Wildman–Crippen MR) is 86.5 cm³/mol. The van der Waals surface area contributed by atoms with Crippen LogP contribution in [0.2, 0.25) is 0 Å². The van der Waals surface area contributed by atoms with Gasteiger partial charge in [-0.05, 0) is 5.56 Å². The van der Waals surface area contributed by atoms with E-state index in [1.807, 2.05) is 53.9 Å². The molecule has 2 aromatic rings. The lowest BCUT2D eigenvalue weighted by Gasteiger charge is -2.29. The smallest absolute Gasteiger partial charge is 0.260 e. The third-order valence-electron chi connectivity index (χ3n) is 3.65. The second kappa shape index (κ2) is 6.42. The maximum Gasteiger partial charge on any atom is 0.260 e. The highest BCUT2D eigenvalue weighted by atomic mass is 32.2. The minimum Gasteiger partial charge on any atom is -0.378 e. The molecule has 0 bridgehead atoms. The zero-order valence-corrected chi connectivity index (χ0v) is 13.6. The molecule has 112 valence electrons. The van der Waals surface area contributed by atoms with Crippen LogP contribution in [-0.4, -0.2) is 31.5 Å². The molecule has 1 fully saturated rings. The highest BCUT2D eigenvalue weighted by molar-refractivity contribution is 8.07. The number of aromatic nitrogens is 2. The van der Waals surface area contributed by atoms with Gasteiger partial charge in [-0.25, -0.2) is 0 Å². The van der Waals surface area contributed by atoms with Gasteiger partial charge in [0.1, 0.15) is 0 Å². The summed E-state index contributed by atoms with van der Waals surface area (Å²) in [5.74, 6) is 1.95. The van der Waals surface area contributed by atoms with Crippen LogP contribution in [0.25, 0.3) is 0 Å². The molecule has 1 aromatic heterocycles. The Labute approximate surface area is 132 Å². The van der Waals surface area contributed by atoms with Crippen LogP contribution in [0.4, 0.5) is 0 Å². The first-order valence-corrected chi connectivity index (χ1v) is 8.98. The van der Waals surface area contributed by atoms with Gasteiger partial charge >= 0.3 is 0 Å². The molecule has 2 heterocycles. The Morgan fingerprint density at radius 2 is 2.00 bits per heavy atom. The van der Waals surface area contributed by atoms with Crippen LogP contribution in [-0.2, 0) is 0 Å². The van der Waals surface area contributed by atoms with Crippen LogP contribution < -0.4 is 0 Å². The molecule has 1 aliphatic heterocycles. The Morgan fingerprint density at radius 3 is 2.71 bits per heavy atom. The van der Waals surface area contributed by atoms with E-state index in [1.165, 1.54) is 0 Å². The monoisotopic (exact) mass is 322 g/mol. The van der Waals surface area contributed by atoms with Crippen LogP contribution in [0.3, 0.4) is 0 Å². The highest BCUT2D eigenvalue weighted by Crippen LogP contribution is 2.43. The molecule has 21 heavy (non-hydrogen) atoms. The fourth-order valence-electron chi connectivity index (χ4n) is 2.19. The van der Waals surface area contributed by atoms with Gasteiger partial charge in [-0.2, -0.15) is 16.7 Å². The van der Waals surface area contributed by atoms with Crippen molar-refractivity contribution in [3.63, 3.8) is 0 Å². The van der Waals surface area contributed by atoms with Crippen LogP contribution >= 0.6 is 23.5 Å². The Hall–Kier alpha value is -0.980. The molecule has 0 radical (unpaired) electrons. The Morgan fingerprint density at radius 1 is 1.24 bits per heavy atom. The van der Waals surface area contributed by atoms with E-state index in [0.717, 1.165) is 11.3 Å². The van der Waals surface area contributed by atoms with Gasteiger partial charge in [0.25, 0.3) is 5.89 Å². The van der Waals surface area contributed by atoms with Crippen molar-refractivity contribution in [1.29, 1.82) is 0 Å². The van der Waals surface area contributed by atoms with E-state index >= 15 is 0 Å². The molecule has 1 saturated heterocycles. The lowest BCUT2D eigenvalue weighted by molar-refractivity contribution is 0.170. The van der Waals surface area contributed by atoms with Crippen molar-refractivity contribution in [1.82, 2.24) is 10.1 Å². The fourth-order valence-corrected chi connectivity index (χ4v) is 5.02. The molecule has 6 heteroatoms. The van der Waals surface area contributed by atoms with E-state index in [9.17, 15) is 5.11 Å². The quantitative estimate of drug-likeness (QED) is 0.934. The summed E-state index contributed by atoms with van der Waals surface area (Å²) in [5.41, 5.74) is 0.764. The molecule has 3 rings (SSSR count). The van der Waals surface area contributed by atoms with E-state index in [4.69, 9.17) is 4.52 Å². The second-order valence-electron chi connectivity index (χ2n) is 5.17. The summed E-state index contributed by atoms with van der Waals surface area (Å²) in [6, 6.07) is 9.37. The number of hydrogen-bond acceptors (Lipinski definition) is 6. The van der Waals surface area contributed by atoms with Gasteiger partial charge < -0.3 is 9.63 Å². The molecule has 1 aliphatic rings. The van der Waals surface area contributed by atoms with Gasteiger partial charge in [-0.1, -0.05) is 49.3 Å². The maximum atomic E-state index is 10.3. The number of benzene rings is 1. The van der Waals surface area contributed by atoms with Gasteiger partial charge in [0.15, 0.2) is 11.9 Å². The van der Waals surface area contributed by atoms with E-state index in [0.29, 0.717) is 16.3 Å². The SMILES string of the molecule is CC1SCC(c2noc(C(O)c3ccccc3)n2)SC1C. The molecule has 0 saturated carbocycles. The second-order valence-corrected chi connectivity index (χ2v) is 8.17. The average Bonchev–Trinajstić information content (AvgIpc) is 3.00. The van der Waals surface area contributed by atoms with E-state index in [2.05, 4.69) is 24.0 Å². The largest absolute Gasteiger partial charge is 0.378 e. The molecule has 0 aliphatic carbocycles. The standard InChI is InChI=1S/C15H18N2O2S2/c1-9-10(2)21-12(8-20-9)14-16-15(19-17-14)13(18)11-6-4-3-5-7-11/h3-7,9-10,12-13,18H,8H2,1-2H3. The van der Waals surface area contributed by atoms with Gasteiger partial charge in [0.2, 0.25) is 0 Å². The maximum absolute atomic E-state index is 10.3. The number of thioether (sulfide) groups is 2. The van der Waals surface area contributed by atoms with Crippen molar-refractivity contribution in [3.05, 3.63) is 47.6 Å². The van der Waals surface area contributed by atoms with Crippen LogP contribution in [0, 0.1) is 0 Å². The fraction of sp³-hybridized carbons (Fsp3) is 0.467. The van der Waals surface area contributed by atoms with Gasteiger partial charge in [0.05, 0.1) is 5.25 Å². The number of aliphatic hydroxyl groups excluding tert-OH is 1. The molecule has 1 aromatic carbocycles. The Kier molecular flexibility index (Phi) is 4.57. The molecule has 0 amide bonds. The molecule has 4 unspecified atom stereocenters. The molecule has 1 N–H and O–H groups in total. The van der Waals surface area contributed by atoms with Gasteiger partial charge in [-0.15, -0.1) is 11.8 Å². The number of nitrogens with zero attached hydrogens (tertiary/aromatic N) is 2. The first kappa shape index (κ1) is 14.9.